The molecule has 5 nitrogen and oxygen atoms in total. The molecule has 2 aliphatic heterocycles. The minimum atomic E-state index is -0.289. The number of carbonyl (C=O) groups is 1. The number of likely N-dealkylation sites (N-methyl/N-ethyl adjacent to an activating group) is 1. The molecule has 4 rings (SSSR count). The molecule has 0 saturated carbocycles. The summed E-state index contributed by atoms with van der Waals surface area (Å²) >= 11 is 0. The summed E-state index contributed by atoms with van der Waals surface area (Å²) in [6, 6.07) is 14.2. The lowest BCUT2D eigenvalue weighted by Gasteiger charge is -2.43. The van der Waals surface area contributed by atoms with Gasteiger partial charge in [0.15, 0.2) is 0 Å². The maximum Gasteiger partial charge on any atom is 0.260 e. The third-order valence-corrected chi connectivity index (χ3v) is 6.47. The summed E-state index contributed by atoms with van der Waals surface area (Å²) in [5.74, 6) is 0.407. The lowest BCUT2D eigenvalue weighted by Crippen LogP contribution is -2.52. The summed E-state index contributed by atoms with van der Waals surface area (Å²) in [5.41, 5.74) is 2.30. The van der Waals surface area contributed by atoms with Gasteiger partial charge >= 0.3 is 0 Å². The third-order valence-electron chi connectivity index (χ3n) is 6.47. The zero-order valence-corrected chi connectivity index (χ0v) is 16.1. The van der Waals surface area contributed by atoms with E-state index < -0.39 is 0 Å². The van der Waals surface area contributed by atoms with E-state index in [4.69, 9.17) is 0 Å². The zero-order valence-electron chi connectivity index (χ0n) is 16.1. The van der Waals surface area contributed by atoms with Crippen LogP contribution in [0.1, 0.15) is 46.8 Å². The molecular formula is C22H27N3O2. The van der Waals surface area contributed by atoms with Gasteiger partial charge in [-0.05, 0) is 56.8 Å². The number of piperidine rings is 1. The van der Waals surface area contributed by atoms with Gasteiger partial charge in [-0.3, -0.25) is 14.5 Å². The molecule has 0 unspecified atom stereocenters. The molecule has 142 valence electrons. The maximum absolute atomic E-state index is 12.8. The lowest BCUT2D eigenvalue weighted by molar-refractivity contribution is 0.0490. The van der Waals surface area contributed by atoms with Crippen LogP contribution in [0.3, 0.4) is 0 Å². The Hall–Kier alpha value is -2.40. The Kier molecular flexibility index (Phi) is 4.64. The topological polar surface area (TPSA) is 56.4 Å². The van der Waals surface area contributed by atoms with E-state index in [9.17, 15) is 9.59 Å². The van der Waals surface area contributed by atoms with Crippen LogP contribution in [-0.2, 0) is 0 Å². The van der Waals surface area contributed by atoms with Crippen molar-refractivity contribution in [3.05, 3.63) is 69.6 Å². The highest BCUT2D eigenvalue weighted by Gasteiger charge is 2.46. The summed E-state index contributed by atoms with van der Waals surface area (Å²) in [7, 11) is 2.21. The molecule has 1 atom stereocenters. The maximum atomic E-state index is 12.8. The van der Waals surface area contributed by atoms with Gasteiger partial charge in [0.05, 0.1) is 0 Å². The third kappa shape index (κ3) is 3.32. The molecule has 2 fully saturated rings. The van der Waals surface area contributed by atoms with Crippen LogP contribution in [0, 0.1) is 6.92 Å². The highest BCUT2D eigenvalue weighted by atomic mass is 16.2. The number of H-pyrrole nitrogens is 1. The summed E-state index contributed by atoms with van der Waals surface area (Å²) < 4.78 is 0. The van der Waals surface area contributed by atoms with Crippen LogP contribution in [0.5, 0.6) is 0 Å². The van der Waals surface area contributed by atoms with E-state index in [2.05, 4.69) is 47.3 Å². The Balaban J connectivity index is 1.45. The number of nitrogens with zero attached hydrogens (tertiary/aromatic N) is 2. The molecule has 1 amide bonds. The first-order valence-corrected chi connectivity index (χ1v) is 9.74. The zero-order chi connectivity index (χ0) is 19.0. The van der Waals surface area contributed by atoms with E-state index in [0.29, 0.717) is 19.0 Å². The molecule has 27 heavy (non-hydrogen) atoms. The SMILES string of the molecule is Cc1ccc(C(=O)N2CCC3(CC2)C[C@H](c2ccccc2)CN3C)c(=O)[nH]1. The van der Waals surface area contributed by atoms with Crippen LogP contribution < -0.4 is 5.56 Å². The molecule has 1 N–H and O–H groups in total. The highest BCUT2D eigenvalue weighted by molar-refractivity contribution is 5.93. The molecule has 0 radical (unpaired) electrons. The monoisotopic (exact) mass is 365 g/mol. The molecule has 1 aromatic heterocycles. The van der Waals surface area contributed by atoms with Gasteiger partial charge < -0.3 is 9.88 Å². The normalized spacial score (nSPS) is 22.3. The fourth-order valence-electron chi connectivity index (χ4n) is 4.77. The van der Waals surface area contributed by atoms with Crippen molar-refractivity contribution in [2.75, 3.05) is 26.7 Å². The van der Waals surface area contributed by atoms with Crippen molar-refractivity contribution >= 4 is 5.91 Å². The van der Waals surface area contributed by atoms with E-state index in [1.165, 1.54) is 5.56 Å². The molecule has 2 aliphatic rings. The van der Waals surface area contributed by atoms with E-state index in [1.807, 2.05) is 11.8 Å². The standard InChI is InChI=1S/C22H27N3O2/c1-16-8-9-19(20(26)23-16)21(27)25-12-10-22(11-13-25)14-18(15-24(22)2)17-6-4-3-5-7-17/h3-9,18H,10-15H2,1-2H3,(H,23,26)/t18-/m0/s1. The molecular weight excluding hydrogens is 338 g/mol. The second kappa shape index (κ2) is 6.97. The van der Waals surface area contributed by atoms with E-state index in [1.54, 1.807) is 12.1 Å². The summed E-state index contributed by atoms with van der Waals surface area (Å²) in [6.45, 7) is 4.30. The average Bonchev–Trinajstić information content (AvgIpc) is 2.99. The van der Waals surface area contributed by atoms with Gasteiger partial charge in [-0.1, -0.05) is 30.3 Å². The predicted octanol–water partition coefficient (Wildman–Crippen LogP) is 2.78. The fourth-order valence-corrected chi connectivity index (χ4v) is 4.77. The van der Waals surface area contributed by atoms with Crippen molar-refractivity contribution in [3.63, 3.8) is 0 Å². The fraction of sp³-hybridized carbons (Fsp3) is 0.455. The number of amides is 1. The second-order valence-corrected chi connectivity index (χ2v) is 8.09. The van der Waals surface area contributed by atoms with E-state index in [-0.39, 0.29) is 22.6 Å². The quantitative estimate of drug-likeness (QED) is 0.890. The number of hydrogen-bond acceptors (Lipinski definition) is 3. The summed E-state index contributed by atoms with van der Waals surface area (Å²) in [6.07, 6.45) is 3.06. The van der Waals surface area contributed by atoms with Crippen molar-refractivity contribution in [1.82, 2.24) is 14.8 Å². The molecule has 1 aromatic carbocycles. The number of likely N-dealkylation sites (tertiary alicyclic amines) is 2. The first-order chi connectivity index (χ1) is 13.0. The number of pyridine rings is 1. The van der Waals surface area contributed by atoms with Gasteiger partial charge in [0, 0.05) is 30.9 Å². The first kappa shape index (κ1) is 18.0. The number of aromatic amines is 1. The average molecular weight is 365 g/mol. The van der Waals surface area contributed by atoms with Gasteiger partial charge in [0.25, 0.3) is 11.5 Å². The van der Waals surface area contributed by atoms with Crippen molar-refractivity contribution in [1.29, 1.82) is 0 Å². The van der Waals surface area contributed by atoms with Crippen molar-refractivity contribution in [2.24, 2.45) is 0 Å². The van der Waals surface area contributed by atoms with Gasteiger partial charge in [-0.2, -0.15) is 0 Å². The van der Waals surface area contributed by atoms with Gasteiger partial charge in [0.2, 0.25) is 0 Å². The second-order valence-electron chi connectivity index (χ2n) is 8.09. The van der Waals surface area contributed by atoms with Crippen LogP contribution in [0.15, 0.2) is 47.3 Å². The van der Waals surface area contributed by atoms with Gasteiger partial charge in [0.1, 0.15) is 5.56 Å². The van der Waals surface area contributed by atoms with E-state index >= 15 is 0 Å². The highest BCUT2D eigenvalue weighted by Crippen LogP contribution is 2.44. The smallest absolute Gasteiger partial charge is 0.260 e. The molecule has 0 aliphatic carbocycles. The Morgan fingerprint density at radius 2 is 1.81 bits per heavy atom. The predicted molar refractivity (Wildman–Crippen MR) is 106 cm³/mol. The van der Waals surface area contributed by atoms with Crippen LogP contribution in [0.25, 0.3) is 0 Å². The Labute approximate surface area is 160 Å². The first-order valence-electron chi connectivity index (χ1n) is 9.74. The Bertz CT molecular complexity index is 882. The van der Waals surface area contributed by atoms with Crippen molar-refractivity contribution < 1.29 is 4.79 Å². The molecule has 0 bridgehead atoms. The number of benzene rings is 1. The Morgan fingerprint density at radius 3 is 2.48 bits per heavy atom. The van der Waals surface area contributed by atoms with Gasteiger partial charge in [-0.15, -0.1) is 0 Å². The van der Waals surface area contributed by atoms with Crippen molar-refractivity contribution in [2.45, 2.75) is 37.6 Å². The minimum absolute atomic E-state index is 0.147. The summed E-state index contributed by atoms with van der Waals surface area (Å²) in [4.78, 5) is 32.0. The van der Waals surface area contributed by atoms with Gasteiger partial charge in [-0.25, -0.2) is 0 Å². The molecule has 2 saturated heterocycles. The van der Waals surface area contributed by atoms with Crippen molar-refractivity contribution in [3.8, 4) is 0 Å². The number of aromatic nitrogens is 1. The molecule has 1 spiro atoms. The lowest BCUT2D eigenvalue weighted by atomic mass is 9.81. The van der Waals surface area contributed by atoms with Crippen LogP contribution in [-0.4, -0.2) is 52.9 Å². The Morgan fingerprint density at radius 1 is 1.11 bits per heavy atom. The van der Waals surface area contributed by atoms with Crippen LogP contribution in [0.2, 0.25) is 0 Å². The number of hydrogen-bond donors (Lipinski definition) is 1. The van der Waals surface area contributed by atoms with E-state index in [0.717, 1.165) is 31.5 Å². The number of nitrogens with one attached hydrogen (secondary N) is 1. The molecule has 2 aromatic rings. The minimum Gasteiger partial charge on any atom is -0.338 e. The number of carbonyl (C=O) groups excluding carboxylic acids is 1. The molecule has 5 heteroatoms. The molecule has 3 heterocycles. The van der Waals surface area contributed by atoms with Crippen LogP contribution in [0.4, 0.5) is 0 Å². The number of rotatable bonds is 2. The van der Waals surface area contributed by atoms with Crippen LogP contribution >= 0.6 is 0 Å². The number of aryl methyl sites for hydroxylation is 1. The summed E-state index contributed by atoms with van der Waals surface area (Å²) in [5, 5.41) is 0. The largest absolute Gasteiger partial charge is 0.338 e.